The van der Waals surface area contributed by atoms with E-state index in [0.29, 0.717) is 0 Å². The Morgan fingerprint density at radius 1 is 1.08 bits per heavy atom. The van der Waals surface area contributed by atoms with Crippen molar-refractivity contribution >= 4 is 22.5 Å². The van der Waals surface area contributed by atoms with E-state index in [1.165, 1.54) is 30.6 Å². The van der Waals surface area contributed by atoms with Crippen molar-refractivity contribution in [3.8, 4) is 0 Å². The van der Waals surface area contributed by atoms with Crippen LogP contribution < -0.4 is 5.32 Å². The van der Waals surface area contributed by atoms with Gasteiger partial charge >= 0.3 is 0 Å². The van der Waals surface area contributed by atoms with Gasteiger partial charge in [0, 0.05) is 50.2 Å². The van der Waals surface area contributed by atoms with Gasteiger partial charge < -0.3 is 9.88 Å². The second-order valence-electron chi connectivity index (χ2n) is 6.97. The minimum Gasteiger partial charge on any atom is -0.339 e. The number of hydrogen-bond donors (Lipinski definition) is 1. The third kappa shape index (κ3) is 2.76. The summed E-state index contributed by atoms with van der Waals surface area (Å²) in [6.45, 7) is 3.29. The van der Waals surface area contributed by atoms with Crippen LogP contribution in [0.1, 0.15) is 25.1 Å². The van der Waals surface area contributed by atoms with Crippen LogP contribution in [0, 0.1) is 0 Å². The number of benzene rings is 1. The number of nitrogens with one attached hydrogen (secondary N) is 1. The molecule has 0 spiro atoms. The first-order valence-electron chi connectivity index (χ1n) is 9.13. The van der Waals surface area contributed by atoms with Crippen LogP contribution in [-0.4, -0.2) is 43.6 Å². The Morgan fingerprint density at radius 2 is 2.04 bits per heavy atom. The van der Waals surface area contributed by atoms with Gasteiger partial charge in [0.25, 0.3) is 0 Å². The van der Waals surface area contributed by atoms with Gasteiger partial charge in [0.15, 0.2) is 0 Å². The zero-order valence-corrected chi connectivity index (χ0v) is 14.2. The summed E-state index contributed by atoms with van der Waals surface area (Å²) < 4.78 is 2.40. The van der Waals surface area contributed by atoms with E-state index in [4.69, 9.17) is 4.98 Å². The molecule has 1 N–H and O–H groups in total. The Labute approximate surface area is 146 Å². The number of anilines is 2. The average molecular weight is 334 g/mol. The summed E-state index contributed by atoms with van der Waals surface area (Å²) in [4.78, 5) is 15.9. The summed E-state index contributed by atoms with van der Waals surface area (Å²) >= 11 is 0. The first-order valence-corrected chi connectivity index (χ1v) is 9.13. The number of fused-ring (bicyclic) bond motifs is 3. The Morgan fingerprint density at radius 3 is 2.84 bits per heavy atom. The average Bonchev–Trinajstić information content (AvgIpc) is 2.81. The fourth-order valence-electron chi connectivity index (χ4n) is 3.90. The van der Waals surface area contributed by atoms with Gasteiger partial charge in [-0.2, -0.15) is 0 Å². The van der Waals surface area contributed by atoms with Crippen molar-refractivity contribution in [1.82, 2.24) is 24.4 Å². The molecule has 1 aromatic carbocycles. The van der Waals surface area contributed by atoms with E-state index in [-0.39, 0.29) is 0 Å². The molecule has 1 saturated carbocycles. The lowest BCUT2D eigenvalue weighted by molar-refractivity contribution is 0.130. The van der Waals surface area contributed by atoms with Gasteiger partial charge in [-0.1, -0.05) is 6.42 Å². The smallest absolute Gasteiger partial charge is 0.148 e. The van der Waals surface area contributed by atoms with Crippen LogP contribution in [0.5, 0.6) is 0 Å². The molecule has 1 fully saturated rings. The molecule has 128 valence electrons. The summed E-state index contributed by atoms with van der Waals surface area (Å²) in [6.07, 6.45) is 10.3. The minimum absolute atomic E-state index is 0.758. The molecule has 0 radical (unpaired) electrons. The fourth-order valence-corrected chi connectivity index (χ4v) is 3.90. The molecular formula is C19H22N6. The molecule has 6 heteroatoms. The summed E-state index contributed by atoms with van der Waals surface area (Å²) in [5.74, 6) is 1.97. The first kappa shape index (κ1) is 14.8. The van der Waals surface area contributed by atoms with E-state index >= 15 is 0 Å². The van der Waals surface area contributed by atoms with Crippen molar-refractivity contribution in [2.45, 2.75) is 38.3 Å². The topological polar surface area (TPSA) is 58.9 Å². The second kappa shape index (κ2) is 6.11. The van der Waals surface area contributed by atoms with Gasteiger partial charge in [-0.3, -0.25) is 9.88 Å². The highest BCUT2D eigenvalue weighted by Gasteiger charge is 2.27. The fraction of sp³-hybridized carbons (Fsp3) is 0.421. The lowest BCUT2D eigenvalue weighted by atomic mass is 9.91. The van der Waals surface area contributed by atoms with Crippen LogP contribution in [0.25, 0.3) is 11.0 Å². The number of imidazole rings is 1. The van der Waals surface area contributed by atoms with Gasteiger partial charge in [-0.25, -0.2) is 9.97 Å². The highest BCUT2D eigenvalue weighted by Crippen LogP contribution is 2.28. The van der Waals surface area contributed by atoms with Crippen LogP contribution in [0.3, 0.4) is 0 Å². The minimum atomic E-state index is 0.758. The van der Waals surface area contributed by atoms with E-state index in [2.05, 4.69) is 43.0 Å². The van der Waals surface area contributed by atoms with Crippen molar-refractivity contribution in [2.24, 2.45) is 0 Å². The monoisotopic (exact) mass is 334 g/mol. The third-order valence-electron chi connectivity index (χ3n) is 5.49. The molecule has 1 aliphatic heterocycles. The molecule has 0 atom stereocenters. The molecule has 25 heavy (non-hydrogen) atoms. The summed E-state index contributed by atoms with van der Waals surface area (Å²) in [5.41, 5.74) is 3.31. The number of aromatic nitrogens is 4. The van der Waals surface area contributed by atoms with Crippen molar-refractivity contribution in [3.63, 3.8) is 0 Å². The second-order valence-corrected chi connectivity index (χ2v) is 6.97. The summed E-state index contributed by atoms with van der Waals surface area (Å²) in [6, 6.07) is 7.15. The van der Waals surface area contributed by atoms with Crippen LogP contribution in [0.4, 0.5) is 11.5 Å². The van der Waals surface area contributed by atoms with Crippen molar-refractivity contribution in [1.29, 1.82) is 0 Å². The van der Waals surface area contributed by atoms with E-state index < -0.39 is 0 Å². The zero-order chi connectivity index (χ0) is 16.6. The Bertz CT molecular complexity index is 884. The van der Waals surface area contributed by atoms with E-state index in [0.717, 1.165) is 49.1 Å². The molecule has 6 nitrogen and oxygen atoms in total. The van der Waals surface area contributed by atoms with Gasteiger partial charge in [0.05, 0.1) is 17.2 Å². The normalized spacial score (nSPS) is 18.6. The number of hydrogen-bond acceptors (Lipinski definition) is 5. The number of rotatable bonds is 3. The standard InChI is InChI=1S/C19H22N6/c1-2-15(3-1)24-9-6-19-23-16-5-4-14(12-17(16)25(19)11-10-24)22-18-13-20-7-8-21-18/h4-5,7-8,12-13,15H,1-3,6,9-11H2,(H,21,22). The summed E-state index contributed by atoms with van der Waals surface area (Å²) in [5, 5.41) is 3.33. The number of nitrogens with zero attached hydrogens (tertiary/aromatic N) is 5. The largest absolute Gasteiger partial charge is 0.339 e. The SMILES string of the molecule is c1cnc(Nc2ccc3nc4n(c3c2)CCN(C2CCC2)CC4)cn1. The molecule has 0 amide bonds. The zero-order valence-electron chi connectivity index (χ0n) is 14.2. The Kier molecular flexibility index (Phi) is 3.63. The molecule has 0 saturated heterocycles. The van der Waals surface area contributed by atoms with Gasteiger partial charge in [-0.15, -0.1) is 0 Å². The molecule has 0 bridgehead atoms. The van der Waals surface area contributed by atoms with Gasteiger partial charge in [0.1, 0.15) is 11.6 Å². The maximum absolute atomic E-state index is 4.88. The third-order valence-corrected chi connectivity index (χ3v) is 5.49. The van der Waals surface area contributed by atoms with Crippen LogP contribution in [-0.2, 0) is 13.0 Å². The molecule has 2 aliphatic rings. The van der Waals surface area contributed by atoms with Crippen molar-refractivity contribution in [3.05, 3.63) is 42.6 Å². The Balaban J connectivity index is 1.43. The summed E-state index contributed by atoms with van der Waals surface area (Å²) in [7, 11) is 0. The predicted molar refractivity (Wildman–Crippen MR) is 98.0 cm³/mol. The van der Waals surface area contributed by atoms with Gasteiger partial charge in [0.2, 0.25) is 0 Å². The van der Waals surface area contributed by atoms with Crippen LogP contribution in [0.15, 0.2) is 36.8 Å². The van der Waals surface area contributed by atoms with Crippen LogP contribution >= 0.6 is 0 Å². The Hall–Kier alpha value is -2.47. The molecular weight excluding hydrogens is 312 g/mol. The molecule has 1 aliphatic carbocycles. The molecule has 0 unspecified atom stereocenters. The van der Waals surface area contributed by atoms with Crippen molar-refractivity contribution < 1.29 is 0 Å². The highest BCUT2D eigenvalue weighted by atomic mass is 15.2. The quantitative estimate of drug-likeness (QED) is 0.798. The van der Waals surface area contributed by atoms with E-state index in [1.807, 2.05) is 0 Å². The maximum atomic E-state index is 4.88. The van der Waals surface area contributed by atoms with Crippen molar-refractivity contribution in [2.75, 3.05) is 18.4 Å². The van der Waals surface area contributed by atoms with E-state index in [9.17, 15) is 0 Å². The van der Waals surface area contributed by atoms with E-state index in [1.54, 1.807) is 18.6 Å². The molecule has 3 heterocycles. The van der Waals surface area contributed by atoms with Crippen LogP contribution in [0.2, 0.25) is 0 Å². The first-order chi connectivity index (χ1) is 12.4. The maximum Gasteiger partial charge on any atom is 0.148 e. The highest BCUT2D eigenvalue weighted by molar-refractivity contribution is 5.81. The predicted octanol–water partition coefficient (Wildman–Crippen LogP) is 2.98. The molecule has 2 aromatic heterocycles. The lowest BCUT2D eigenvalue weighted by Crippen LogP contribution is -2.41. The lowest BCUT2D eigenvalue weighted by Gasteiger charge is -2.36. The van der Waals surface area contributed by atoms with Gasteiger partial charge in [-0.05, 0) is 31.0 Å². The molecule has 5 rings (SSSR count). The molecule has 3 aromatic rings.